The number of fused-ring (bicyclic) bond motifs is 1. The Morgan fingerprint density at radius 1 is 1.05 bits per heavy atom. The molecule has 2 aromatic carbocycles. The summed E-state index contributed by atoms with van der Waals surface area (Å²) in [5.74, 6) is -0.708. The third-order valence-electron chi connectivity index (χ3n) is 6.88. The van der Waals surface area contributed by atoms with Crippen LogP contribution in [0, 0.1) is 0 Å². The van der Waals surface area contributed by atoms with Crippen molar-refractivity contribution in [1.29, 1.82) is 0 Å². The SMILES string of the molecule is CCOC(=O)c1c(NC(=O)C(CC)Sc2cccc(NC(=O)c3ccco3)c2)sc2c1CCN(Cc1ccccc1)C2. The first-order chi connectivity index (χ1) is 20.4. The second-order valence-corrected chi connectivity index (χ2v) is 12.2. The van der Waals surface area contributed by atoms with Crippen LogP contribution in [0.25, 0.3) is 0 Å². The summed E-state index contributed by atoms with van der Waals surface area (Å²) >= 11 is 2.87. The van der Waals surface area contributed by atoms with E-state index in [9.17, 15) is 14.4 Å². The number of nitrogens with one attached hydrogen (secondary N) is 2. The Morgan fingerprint density at radius 3 is 2.62 bits per heavy atom. The van der Waals surface area contributed by atoms with Gasteiger partial charge < -0.3 is 19.8 Å². The van der Waals surface area contributed by atoms with E-state index in [2.05, 4.69) is 27.7 Å². The number of hydrogen-bond donors (Lipinski definition) is 2. The summed E-state index contributed by atoms with van der Waals surface area (Å²) < 4.78 is 10.6. The number of thioether (sulfide) groups is 1. The van der Waals surface area contributed by atoms with E-state index in [4.69, 9.17) is 9.15 Å². The Kier molecular flexibility index (Phi) is 9.78. The van der Waals surface area contributed by atoms with Gasteiger partial charge in [0.25, 0.3) is 5.91 Å². The van der Waals surface area contributed by atoms with E-state index in [0.717, 1.165) is 28.4 Å². The standard InChI is InChI=1S/C32H33N3O5S2/c1-3-26(41-23-13-8-12-22(18-23)33-29(36)25-14-9-17-40-25)30(37)34-31-28(32(38)39-4-2)24-15-16-35(20-27(24)42-31)19-21-10-6-5-7-11-21/h5-14,17-18,26H,3-4,15-16,19-20H2,1-2H3,(H,33,36)(H,34,37). The minimum atomic E-state index is -0.412. The van der Waals surface area contributed by atoms with E-state index < -0.39 is 11.2 Å². The molecule has 1 atom stereocenters. The van der Waals surface area contributed by atoms with Gasteiger partial charge in [-0.25, -0.2) is 4.79 Å². The zero-order valence-electron chi connectivity index (χ0n) is 23.6. The van der Waals surface area contributed by atoms with E-state index in [-0.39, 0.29) is 24.2 Å². The second kappa shape index (κ2) is 13.9. The fraction of sp³-hybridized carbons (Fsp3) is 0.281. The average Bonchev–Trinajstić information content (AvgIpc) is 3.65. The molecule has 3 heterocycles. The molecule has 0 aliphatic carbocycles. The summed E-state index contributed by atoms with van der Waals surface area (Å²) in [6, 6.07) is 20.9. The third kappa shape index (κ3) is 7.13. The monoisotopic (exact) mass is 603 g/mol. The van der Waals surface area contributed by atoms with Gasteiger partial charge in [0.1, 0.15) is 5.00 Å². The van der Waals surface area contributed by atoms with Gasteiger partial charge >= 0.3 is 5.97 Å². The molecule has 1 unspecified atom stereocenters. The number of nitrogens with zero attached hydrogens (tertiary/aromatic N) is 1. The van der Waals surface area contributed by atoms with Crippen LogP contribution < -0.4 is 10.6 Å². The summed E-state index contributed by atoms with van der Waals surface area (Å²) in [5, 5.41) is 6.02. The van der Waals surface area contributed by atoms with Crippen LogP contribution in [0.5, 0.6) is 0 Å². The van der Waals surface area contributed by atoms with Crippen molar-refractivity contribution < 1.29 is 23.5 Å². The number of furan rings is 1. The Labute approximate surface area is 253 Å². The molecule has 1 aliphatic heterocycles. The Morgan fingerprint density at radius 2 is 1.88 bits per heavy atom. The smallest absolute Gasteiger partial charge is 0.341 e. The van der Waals surface area contributed by atoms with Crippen molar-refractivity contribution in [2.75, 3.05) is 23.8 Å². The van der Waals surface area contributed by atoms with Gasteiger partial charge in [-0.2, -0.15) is 0 Å². The first-order valence-corrected chi connectivity index (χ1v) is 15.6. The van der Waals surface area contributed by atoms with Crippen LogP contribution in [0.2, 0.25) is 0 Å². The highest BCUT2D eigenvalue weighted by Crippen LogP contribution is 2.39. The molecule has 0 saturated heterocycles. The molecule has 2 aromatic heterocycles. The maximum Gasteiger partial charge on any atom is 0.341 e. The molecule has 0 bridgehead atoms. The van der Waals surface area contributed by atoms with Gasteiger partial charge in [-0.05, 0) is 61.2 Å². The number of esters is 1. The van der Waals surface area contributed by atoms with Crippen LogP contribution >= 0.6 is 23.1 Å². The number of hydrogen-bond acceptors (Lipinski definition) is 8. The minimum Gasteiger partial charge on any atom is -0.462 e. The van der Waals surface area contributed by atoms with Crippen LogP contribution in [-0.2, 0) is 29.0 Å². The number of thiophene rings is 1. The number of carbonyl (C=O) groups excluding carboxylic acids is 3. The number of benzene rings is 2. The highest BCUT2D eigenvalue weighted by Gasteiger charge is 2.31. The Balaban J connectivity index is 1.30. The molecule has 10 heteroatoms. The topological polar surface area (TPSA) is 101 Å². The van der Waals surface area contributed by atoms with Crippen LogP contribution in [0.1, 0.15) is 57.2 Å². The zero-order chi connectivity index (χ0) is 29.5. The lowest BCUT2D eigenvalue weighted by atomic mass is 10.0. The summed E-state index contributed by atoms with van der Waals surface area (Å²) in [6.45, 7) is 6.35. The number of carbonyl (C=O) groups is 3. The molecule has 8 nitrogen and oxygen atoms in total. The van der Waals surface area contributed by atoms with Crippen molar-refractivity contribution in [3.05, 3.63) is 100 Å². The second-order valence-electron chi connectivity index (χ2n) is 9.84. The normalized spacial score (nSPS) is 13.7. The summed E-state index contributed by atoms with van der Waals surface area (Å²) in [6.07, 6.45) is 2.74. The van der Waals surface area contributed by atoms with Gasteiger partial charge in [-0.15, -0.1) is 23.1 Å². The molecule has 1 aliphatic rings. The van der Waals surface area contributed by atoms with E-state index >= 15 is 0 Å². The average molecular weight is 604 g/mol. The van der Waals surface area contributed by atoms with E-state index in [1.807, 2.05) is 43.3 Å². The molecular formula is C32H33N3O5S2. The molecule has 0 radical (unpaired) electrons. The molecule has 218 valence electrons. The van der Waals surface area contributed by atoms with Gasteiger partial charge in [0.15, 0.2) is 5.76 Å². The molecule has 4 aromatic rings. The van der Waals surface area contributed by atoms with Gasteiger partial charge in [0, 0.05) is 35.1 Å². The van der Waals surface area contributed by atoms with Gasteiger partial charge in [-0.3, -0.25) is 14.5 Å². The van der Waals surface area contributed by atoms with Crippen LogP contribution in [-0.4, -0.2) is 41.1 Å². The number of anilines is 2. The number of amides is 2. The van der Waals surface area contributed by atoms with Crippen molar-refractivity contribution in [2.45, 2.75) is 49.9 Å². The predicted octanol–water partition coefficient (Wildman–Crippen LogP) is 6.84. The van der Waals surface area contributed by atoms with E-state index in [1.54, 1.807) is 25.1 Å². The third-order valence-corrected chi connectivity index (χ3v) is 9.37. The lowest BCUT2D eigenvalue weighted by Crippen LogP contribution is -2.30. The van der Waals surface area contributed by atoms with Crippen molar-refractivity contribution >= 4 is 51.6 Å². The number of rotatable bonds is 11. The molecule has 0 spiro atoms. The predicted molar refractivity (Wildman–Crippen MR) is 166 cm³/mol. The molecule has 2 N–H and O–H groups in total. The lowest BCUT2D eigenvalue weighted by Gasteiger charge is -2.27. The molecule has 42 heavy (non-hydrogen) atoms. The summed E-state index contributed by atoms with van der Waals surface area (Å²) in [7, 11) is 0. The molecule has 0 saturated carbocycles. The quantitative estimate of drug-likeness (QED) is 0.143. The highest BCUT2D eigenvalue weighted by atomic mass is 32.2. The largest absolute Gasteiger partial charge is 0.462 e. The van der Waals surface area contributed by atoms with Crippen molar-refractivity contribution in [3.63, 3.8) is 0 Å². The maximum absolute atomic E-state index is 13.5. The van der Waals surface area contributed by atoms with Crippen molar-refractivity contribution in [3.8, 4) is 0 Å². The first kappa shape index (κ1) is 29.6. The van der Waals surface area contributed by atoms with E-state index in [0.29, 0.717) is 35.6 Å². The summed E-state index contributed by atoms with van der Waals surface area (Å²) in [4.78, 5) is 43.3. The Bertz CT molecular complexity index is 1530. The molecule has 2 amide bonds. The van der Waals surface area contributed by atoms with Gasteiger partial charge in [0.05, 0.1) is 23.7 Å². The van der Waals surface area contributed by atoms with Crippen LogP contribution in [0.4, 0.5) is 10.7 Å². The van der Waals surface area contributed by atoms with Crippen molar-refractivity contribution in [2.24, 2.45) is 0 Å². The summed E-state index contributed by atoms with van der Waals surface area (Å²) in [5.41, 5.74) is 3.29. The van der Waals surface area contributed by atoms with Gasteiger partial charge in [-0.1, -0.05) is 43.3 Å². The van der Waals surface area contributed by atoms with Crippen LogP contribution in [0.15, 0.2) is 82.3 Å². The lowest BCUT2D eigenvalue weighted by molar-refractivity contribution is -0.115. The van der Waals surface area contributed by atoms with Crippen LogP contribution in [0.3, 0.4) is 0 Å². The highest BCUT2D eigenvalue weighted by molar-refractivity contribution is 8.00. The first-order valence-electron chi connectivity index (χ1n) is 14.0. The fourth-order valence-electron chi connectivity index (χ4n) is 4.87. The minimum absolute atomic E-state index is 0.183. The van der Waals surface area contributed by atoms with Gasteiger partial charge in [0.2, 0.25) is 5.91 Å². The molecule has 5 rings (SSSR count). The van der Waals surface area contributed by atoms with Crippen molar-refractivity contribution in [1.82, 2.24) is 4.90 Å². The zero-order valence-corrected chi connectivity index (χ0v) is 25.2. The molecule has 0 fully saturated rings. The number of ether oxygens (including phenoxy) is 1. The Hall–Kier alpha value is -3.86. The maximum atomic E-state index is 13.5. The van der Waals surface area contributed by atoms with E-state index in [1.165, 1.54) is 34.9 Å². The fourth-order valence-corrected chi connectivity index (χ4v) is 7.16. The molecular weight excluding hydrogens is 571 g/mol.